The van der Waals surface area contributed by atoms with E-state index < -0.39 is 0 Å². The molecule has 9 heteroatoms. The van der Waals surface area contributed by atoms with E-state index in [-0.39, 0.29) is 23.1 Å². The fourth-order valence-corrected chi connectivity index (χ4v) is 3.20. The summed E-state index contributed by atoms with van der Waals surface area (Å²) in [6.07, 6.45) is 2.74. The van der Waals surface area contributed by atoms with Crippen LogP contribution in [0.25, 0.3) is 0 Å². The Hall–Kier alpha value is -2.74. The lowest BCUT2D eigenvalue weighted by Crippen LogP contribution is -2.46. The molecule has 0 spiro atoms. The molecule has 1 aliphatic rings. The maximum atomic E-state index is 12.7. The lowest BCUT2D eigenvalue weighted by molar-refractivity contribution is 0.0697. The van der Waals surface area contributed by atoms with Crippen LogP contribution < -0.4 is 14.8 Å². The van der Waals surface area contributed by atoms with Gasteiger partial charge in [-0.1, -0.05) is 0 Å². The number of piperidine rings is 1. The van der Waals surface area contributed by atoms with Crippen LogP contribution in [0.4, 0.5) is 0 Å². The van der Waals surface area contributed by atoms with Crippen molar-refractivity contribution in [1.29, 1.82) is 0 Å². The molecule has 27 heavy (non-hydrogen) atoms. The molecule has 0 saturated carbocycles. The van der Waals surface area contributed by atoms with Gasteiger partial charge in [-0.25, -0.2) is 4.98 Å². The van der Waals surface area contributed by atoms with Gasteiger partial charge in [0.25, 0.3) is 11.8 Å². The highest BCUT2D eigenvalue weighted by atomic mass is 35.5. The number of rotatable bonds is 5. The summed E-state index contributed by atoms with van der Waals surface area (Å²) in [4.78, 5) is 33.1. The number of likely N-dealkylation sites (tertiary alicyclic amines) is 1. The zero-order chi connectivity index (χ0) is 19.4. The number of hydrogen-bond acceptors (Lipinski definition) is 5. The monoisotopic (exact) mass is 392 g/mol. The molecule has 1 aromatic carbocycles. The minimum atomic E-state index is -0.251. The van der Waals surface area contributed by atoms with Gasteiger partial charge in [-0.3, -0.25) is 9.59 Å². The van der Waals surface area contributed by atoms with Crippen LogP contribution in [-0.2, 0) is 0 Å². The average molecular weight is 393 g/mol. The number of H-pyrrole nitrogens is 1. The van der Waals surface area contributed by atoms with Crippen LogP contribution in [0.5, 0.6) is 11.5 Å². The Balaban J connectivity index is 1.57. The van der Waals surface area contributed by atoms with Crippen molar-refractivity contribution < 1.29 is 19.1 Å². The number of aromatic nitrogens is 2. The topological polar surface area (TPSA) is 96.5 Å². The molecule has 2 N–H and O–H groups in total. The highest BCUT2D eigenvalue weighted by Crippen LogP contribution is 2.28. The number of aromatic amines is 1. The van der Waals surface area contributed by atoms with Crippen LogP contribution in [0, 0.1) is 0 Å². The molecule has 2 amide bonds. The number of nitrogens with zero attached hydrogens (tertiary/aromatic N) is 2. The number of carbonyl (C=O) groups excluding carboxylic acids is 2. The molecule has 8 nitrogen and oxygen atoms in total. The molecule has 3 rings (SSSR count). The van der Waals surface area contributed by atoms with Crippen LogP contribution in [0.3, 0.4) is 0 Å². The zero-order valence-corrected chi connectivity index (χ0v) is 15.9. The van der Waals surface area contributed by atoms with Gasteiger partial charge in [-0.05, 0) is 42.6 Å². The Bertz CT molecular complexity index is 831. The van der Waals surface area contributed by atoms with E-state index in [1.807, 2.05) is 0 Å². The van der Waals surface area contributed by atoms with Crippen molar-refractivity contribution in [1.82, 2.24) is 20.2 Å². The quantitative estimate of drug-likeness (QED) is 0.812. The van der Waals surface area contributed by atoms with E-state index in [0.29, 0.717) is 48.7 Å². The summed E-state index contributed by atoms with van der Waals surface area (Å²) in [5, 5.41) is 3.11. The SMILES string of the molecule is COc1ccc(C(=O)N2CCC(NC(=O)c3cnc(Cl)[nH]3)CC2)cc1OC. The number of ether oxygens (including phenoxy) is 2. The van der Waals surface area contributed by atoms with E-state index in [1.54, 1.807) is 30.2 Å². The molecule has 0 unspecified atom stereocenters. The number of nitrogens with one attached hydrogen (secondary N) is 2. The predicted molar refractivity (Wildman–Crippen MR) is 99.5 cm³/mol. The molecule has 1 fully saturated rings. The standard InChI is InChI=1S/C18H21ClN4O4/c1-26-14-4-3-11(9-15(14)27-2)17(25)23-7-5-12(6-8-23)21-16(24)13-10-20-18(19)22-13/h3-4,9-10,12H,5-8H2,1-2H3,(H,20,22)(H,21,24). The van der Waals surface area contributed by atoms with Gasteiger partial charge in [0, 0.05) is 24.7 Å². The van der Waals surface area contributed by atoms with Crippen molar-refractivity contribution >= 4 is 23.4 Å². The van der Waals surface area contributed by atoms with Crippen molar-refractivity contribution in [3.8, 4) is 11.5 Å². The van der Waals surface area contributed by atoms with Gasteiger partial charge in [0.2, 0.25) is 5.28 Å². The first kappa shape index (κ1) is 19.0. The molecule has 2 aromatic rings. The number of carbonyl (C=O) groups is 2. The molecule has 144 valence electrons. The van der Waals surface area contributed by atoms with E-state index in [4.69, 9.17) is 21.1 Å². The van der Waals surface area contributed by atoms with Gasteiger partial charge in [0.15, 0.2) is 11.5 Å². The van der Waals surface area contributed by atoms with Gasteiger partial charge in [0.05, 0.1) is 20.4 Å². The van der Waals surface area contributed by atoms with Gasteiger partial charge in [-0.15, -0.1) is 0 Å². The van der Waals surface area contributed by atoms with E-state index >= 15 is 0 Å². The van der Waals surface area contributed by atoms with Crippen LogP contribution >= 0.6 is 11.6 Å². The maximum absolute atomic E-state index is 12.7. The third-order valence-electron chi connectivity index (χ3n) is 4.54. The molecule has 0 radical (unpaired) electrons. The fourth-order valence-electron chi connectivity index (χ4n) is 3.05. The van der Waals surface area contributed by atoms with E-state index in [0.717, 1.165) is 0 Å². The molecular formula is C18H21ClN4O4. The molecule has 0 bridgehead atoms. The van der Waals surface area contributed by atoms with Crippen LogP contribution in [0.15, 0.2) is 24.4 Å². The number of amides is 2. The molecular weight excluding hydrogens is 372 g/mol. The van der Waals surface area contributed by atoms with Crippen molar-refractivity contribution in [2.75, 3.05) is 27.3 Å². The summed E-state index contributed by atoms with van der Waals surface area (Å²) in [5.74, 6) is 0.776. The summed E-state index contributed by atoms with van der Waals surface area (Å²) in [6, 6.07) is 5.11. The van der Waals surface area contributed by atoms with E-state index in [2.05, 4.69) is 15.3 Å². The fraction of sp³-hybridized carbons (Fsp3) is 0.389. The second-order valence-corrected chi connectivity index (χ2v) is 6.56. The second-order valence-electron chi connectivity index (χ2n) is 6.20. The molecule has 0 atom stereocenters. The van der Waals surface area contributed by atoms with Gasteiger partial charge in [-0.2, -0.15) is 0 Å². The summed E-state index contributed by atoms with van der Waals surface area (Å²) >= 11 is 5.69. The summed E-state index contributed by atoms with van der Waals surface area (Å²) in [5.41, 5.74) is 0.867. The average Bonchev–Trinajstić information content (AvgIpc) is 3.14. The highest BCUT2D eigenvalue weighted by molar-refractivity contribution is 6.28. The summed E-state index contributed by atoms with van der Waals surface area (Å²) in [7, 11) is 3.09. The third-order valence-corrected chi connectivity index (χ3v) is 4.73. The summed E-state index contributed by atoms with van der Waals surface area (Å²) in [6.45, 7) is 1.11. The Labute approximate surface area is 161 Å². The first-order valence-electron chi connectivity index (χ1n) is 8.54. The van der Waals surface area contributed by atoms with E-state index in [9.17, 15) is 9.59 Å². The zero-order valence-electron chi connectivity index (χ0n) is 15.1. The third kappa shape index (κ3) is 4.33. The summed E-state index contributed by atoms with van der Waals surface area (Å²) < 4.78 is 10.5. The molecule has 1 aromatic heterocycles. The molecule has 2 heterocycles. The van der Waals surface area contributed by atoms with Crippen LogP contribution in [0.1, 0.15) is 33.7 Å². The van der Waals surface area contributed by atoms with Crippen LogP contribution in [0.2, 0.25) is 5.28 Å². The van der Waals surface area contributed by atoms with Gasteiger partial charge >= 0.3 is 0 Å². The van der Waals surface area contributed by atoms with E-state index in [1.165, 1.54) is 13.3 Å². The number of halogens is 1. The Kier molecular flexibility index (Phi) is 5.85. The maximum Gasteiger partial charge on any atom is 0.269 e. The Morgan fingerprint density at radius 1 is 1.22 bits per heavy atom. The molecule has 1 aliphatic heterocycles. The molecule has 0 aliphatic carbocycles. The first-order chi connectivity index (χ1) is 13.0. The second kappa shape index (κ2) is 8.30. The number of benzene rings is 1. The smallest absolute Gasteiger partial charge is 0.269 e. The van der Waals surface area contributed by atoms with Crippen molar-refractivity contribution in [2.24, 2.45) is 0 Å². The lowest BCUT2D eigenvalue weighted by atomic mass is 10.0. The first-order valence-corrected chi connectivity index (χ1v) is 8.92. The van der Waals surface area contributed by atoms with Gasteiger partial charge in [0.1, 0.15) is 5.69 Å². The van der Waals surface area contributed by atoms with Crippen LogP contribution in [-0.4, -0.2) is 60.0 Å². The van der Waals surface area contributed by atoms with Crippen molar-refractivity contribution in [3.05, 3.63) is 40.9 Å². The lowest BCUT2D eigenvalue weighted by Gasteiger charge is -2.32. The Morgan fingerprint density at radius 2 is 1.93 bits per heavy atom. The minimum Gasteiger partial charge on any atom is -0.493 e. The Morgan fingerprint density at radius 3 is 2.52 bits per heavy atom. The predicted octanol–water partition coefficient (Wildman–Crippen LogP) is 2.11. The molecule has 1 saturated heterocycles. The van der Waals surface area contributed by atoms with Crippen molar-refractivity contribution in [2.45, 2.75) is 18.9 Å². The number of methoxy groups -OCH3 is 2. The van der Waals surface area contributed by atoms with Gasteiger partial charge < -0.3 is 24.7 Å². The highest BCUT2D eigenvalue weighted by Gasteiger charge is 2.25. The van der Waals surface area contributed by atoms with Crippen molar-refractivity contribution in [3.63, 3.8) is 0 Å². The number of hydrogen-bond donors (Lipinski definition) is 2. The largest absolute Gasteiger partial charge is 0.493 e. The normalized spacial score (nSPS) is 14.7. The minimum absolute atomic E-state index is 0.00553. The number of imidazole rings is 1.